The first-order valence-electron chi connectivity index (χ1n) is 6.82. The summed E-state index contributed by atoms with van der Waals surface area (Å²) in [5.74, 6) is 0.649. The number of ether oxygens (including phenoxy) is 1. The van der Waals surface area contributed by atoms with E-state index in [0.29, 0.717) is 12.5 Å². The lowest BCUT2D eigenvalue weighted by atomic mass is 9.68. The van der Waals surface area contributed by atoms with Crippen LogP contribution in [0.15, 0.2) is 0 Å². The fourth-order valence-electron chi connectivity index (χ4n) is 3.19. The molecule has 17 heavy (non-hydrogen) atoms. The molecule has 1 saturated carbocycles. The third-order valence-corrected chi connectivity index (χ3v) is 3.97. The minimum absolute atomic E-state index is 0.000000000000000222. The van der Waals surface area contributed by atoms with Crippen LogP contribution in [0.25, 0.3) is 0 Å². The predicted octanol–water partition coefficient (Wildman–Crippen LogP) is 1.01. The van der Waals surface area contributed by atoms with Gasteiger partial charge in [-0.1, -0.05) is 6.92 Å². The van der Waals surface area contributed by atoms with Crippen LogP contribution in [0.4, 0.5) is 0 Å². The van der Waals surface area contributed by atoms with Gasteiger partial charge in [0.15, 0.2) is 0 Å². The minimum atomic E-state index is -0.304. The minimum Gasteiger partial charge on any atom is -0.465 e. The molecule has 4 nitrogen and oxygen atoms in total. The lowest BCUT2D eigenvalue weighted by molar-refractivity contribution is -0.168. The predicted molar refractivity (Wildman–Crippen MR) is 66.8 cm³/mol. The molecule has 98 valence electrons. The number of nitrogens with one attached hydrogen (secondary N) is 1. The standard InChI is InChI=1S/C13H24N2O2/c1-3-17-12(16)13(9-11(2)10-13)15-7-4-5-14-6-8-15/h11,14H,3-10H2,1-2H3. The molecule has 2 rings (SSSR count). The summed E-state index contributed by atoms with van der Waals surface area (Å²) < 4.78 is 5.29. The van der Waals surface area contributed by atoms with Crippen molar-refractivity contribution in [3.63, 3.8) is 0 Å². The van der Waals surface area contributed by atoms with Crippen molar-refractivity contribution in [2.24, 2.45) is 5.92 Å². The Morgan fingerprint density at radius 1 is 1.41 bits per heavy atom. The quantitative estimate of drug-likeness (QED) is 0.748. The van der Waals surface area contributed by atoms with Gasteiger partial charge in [0.2, 0.25) is 0 Å². The van der Waals surface area contributed by atoms with Crippen molar-refractivity contribution in [1.82, 2.24) is 10.2 Å². The summed E-state index contributed by atoms with van der Waals surface area (Å²) in [7, 11) is 0. The average molecular weight is 240 g/mol. The van der Waals surface area contributed by atoms with E-state index in [9.17, 15) is 4.79 Å². The van der Waals surface area contributed by atoms with Crippen molar-refractivity contribution in [2.75, 3.05) is 32.8 Å². The molecule has 0 aromatic carbocycles. The maximum Gasteiger partial charge on any atom is 0.326 e. The Labute approximate surface area is 104 Å². The summed E-state index contributed by atoms with van der Waals surface area (Å²) in [5.41, 5.74) is -0.304. The maximum absolute atomic E-state index is 12.2. The van der Waals surface area contributed by atoms with Crippen LogP contribution in [-0.2, 0) is 9.53 Å². The second-order valence-corrected chi connectivity index (χ2v) is 5.36. The van der Waals surface area contributed by atoms with Gasteiger partial charge in [-0.3, -0.25) is 9.69 Å². The smallest absolute Gasteiger partial charge is 0.326 e. The van der Waals surface area contributed by atoms with Gasteiger partial charge in [-0.05, 0) is 38.6 Å². The summed E-state index contributed by atoms with van der Waals surface area (Å²) in [4.78, 5) is 14.6. The third kappa shape index (κ3) is 2.47. The van der Waals surface area contributed by atoms with Crippen LogP contribution in [0, 0.1) is 5.92 Å². The molecule has 0 bridgehead atoms. The fourth-order valence-corrected chi connectivity index (χ4v) is 3.19. The molecule has 1 aliphatic heterocycles. The Bertz CT molecular complexity index is 267. The largest absolute Gasteiger partial charge is 0.465 e. The highest BCUT2D eigenvalue weighted by Crippen LogP contribution is 2.43. The van der Waals surface area contributed by atoms with Crippen LogP contribution in [0.2, 0.25) is 0 Å². The first kappa shape index (κ1) is 12.8. The Kier molecular flexibility index (Phi) is 4.05. The number of hydrogen-bond acceptors (Lipinski definition) is 4. The normalized spacial score (nSPS) is 34.8. The molecular formula is C13H24N2O2. The molecule has 4 heteroatoms. The maximum atomic E-state index is 12.2. The summed E-state index contributed by atoms with van der Waals surface area (Å²) in [6.07, 6.45) is 3.05. The molecule has 1 saturated heterocycles. The molecule has 2 fully saturated rings. The zero-order valence-corrected chi connectivity index (χ0v) is 11.0. The molecule has 1 aliphatic carbocycles. The number of nitrogens with zero attached hydrogens (tertiary/aromatic N) is 1. The lowest BCUT2D eigenvalue weighted by Gasteiger charge is -2.51. The number of esters is 1. The van der Waals surface area contributed by atoms with Crippen LogP contribution in [0.3, 0.4) is 0 Å². The van der Waals surface area contributed by atoms with E-state index in [-0.39, 0.29) is 11.5 Å². The summed E-state index contributed by atoms with van der Waals surface area (Å²) in [5, 5.41) is 3.39. The van der Waals surface area contributed by atoms with Crippen LogP contribution in [0.5, 0.6) is 0 Å². The molecule has 0 spiro atoms. The number of hydrogen-bond donors (Lipinski definition) is 1. The van der Waals surface area contributed by atoms with Crippen molar-refractivity contribution in [1.29, 1.82) is 0 Å². The first-order valence-corrected chi connectivity index (χ1v) is 6.82. The van der Waals surface area contributed by atoms with E-state index < -0.39 is 0 Å². The molecule has 2 aliphatic rings. The van der Waals surface area contributed by atoms with Gasteiger partial charge in [-0.2, -0.15) is 0 Å². The second-order valence-electron chi connectivity index (χ2n) is 5.36. The summed E-state index contributed by atoms with van der Waals surface area (Å²) in [6.45, 7) is 8.61. The average Bonchev–Trinajstić information content (AvgIpc) is 2.53. The van der Waals surface area contributed by atoms with Gasteiger partial charge in [-0.25, -0.2) is 0 Å². The van der Waals surface area contributed by atoms with Crippen molar-refractivity contribution in [3.05, 3.63) is 0 Å². The molecule has 1 N–H and O–H groups in total. The zero-order valence-electron chi connectivity index (χ0n) is 11.0. The van der Waals surface area contributed by atoms with Crippen LogP contribution in [-0.4, -0.2) is 49.2 Å². The lowest BCUT2D eigenvalue weighted by Crippen LogP contribution is -2.63. The van der Waals surface area contributed by atoms with E-state index >= 15 is 0 Å². The van der Waals surface area contributed by atoms with Crippen molar-refractivity contribution in [3.8, 4) is 0 Å². The Balaban J connectivity index is 2.07. The summed E-state index contributed by atoms with van der Waals surface area (Å²) in [6, 6.07) is 0. The third-order valence-electron chi connectivity index (χ3n) is 3.97. The van der Waals surface area contributed by atoms with Gasteiger partial charge >= 0.3 is 5.97 Å². The molecular weight excluding hydrogens is 216 g/mol. The highest BCUT2D eigenvalue weighted by atomic mass is 16.5. The van der Waals surface area contributed by atoms with Crippen molar-refractivity contribution < 1.29 is 9.53 Å². The topological polar surface area (TPSA) is 41.6 Å². The van der Waals surface area contributed by atoms with Gasteiger partial charge in [0, 0.05) is 19.6 Å². The Hall–Kier alpha value is -0.610. The number of carbonyl (C=O) groups is 1. The Morgan fingerprint density at radius 2 is 2.18 bits per heavy atom. The zero-order chi connectivity index (χ0) is 12.3. The molecule has 0 aromatic heterocycles. The number of rotatable bonds is 3. The van der Waals surface area contributed by atoms with Gasteiger partial charge in [-0.15, -0.1) is 0 Å². The van der Waals surface area contributed by atoms with Crippen molar-refractivity contribution in [2.45, 2.75) is 38.6 Å². The highest BCUT2D eigenvalue weighted by molar-refractivity contribution is 5.82. The Morgan fingerprint density at radius 3 is 2.82 bits per heavy atom. The molecule has 0 radical (unpaired) electrons. The summed E-state index contributed by atoms with van der Waals surface area (Å²) >= 11 is 0. The molecule has 0 amide bonds. The SMILES string of the molecule is CCOC(=O)C1(N2CCCNCC2)CC(C)C1. The number of carbonyl (C=O) groups excluding carboxylic acids is 1. The highest BCUT2D eigenvalue weighted by Gasteiger charge is 2.53. The fraction of sp³-hybridized carbons (Fsp3) is 0.923. The van der Waals surface area contributed by atoms with E-state index in [1.807, 2.05) is 6.92 Å². The second kappa shape index (κ2) is 5.36. The van der Waals surface area contributed by atoms with Crippen LogP contribution >= 0.6 is 0 Å². The van der Waals surface area contributed by atoms with Gasteiger partial charge in [0.25, 0.3) is 0 Å². The van der Waals surface area contributed by atoms with Crippen LogP contribution < -0.4 is 5.32 Å². The van der Waals surface area contributed by atoms with E-state index in [1.54, 1.807) is 0 Å². The van der Waals surface area contributed by atoms with Crippen LogP contribution in [0.1, 0.15) is 33.1 Å². The van der Waals surface area contributed by atoms with Gasteiger partial charge in [0.1, 0.15) is 5.54 Å². The van der Waals surface area contributed by atoms with Crippen molar-refractivity contribution >= 4 is 5.97 Å². The van der Waals surface area contributed by atoms with Gasteiger partial charge < -0.3 is 10.1 Å². The molecule has 0 atom stereocenters. The molecule has 0 unspecified atom stereocenters. The molecule has 0 aromatic rings. The van der Waals surface area contributed by atoms with E-state index in [0.717, 1.165) is 45.4 Å². The van der Waals surface area contributed by atoms with E-state index in [2.05, 4.69) is 17.1 Å². The van der Waals surface area contributed by atoms with E-state index in [4.69, 9.17) is 4.74 Å². The van der Waals surface area contributed by atoms with E-state index in [1.165, 1.54) is 0 Å². The van der Waals surface area contributed by atoms with Gasteiger partial charge in [0.05, 0.1) is 6.61 Å². The first-order chi connectivity index (χ1) is 8.19. The monoisotopic (exact) mass is 240 g/mol. The molecule has 1 heterocycles.